The minimum Gasteiger partial charge on any atom is -0.372 e. The fraction of sp³-hybridized carbons (Fsp3) is 0.667. The summed E-state index contributed by atoms with van der Waals surface area (Å²) in [7, 11) is 1.54. The average Bonchev–Trinajstić information content (AvgIpc) is 2.95. The van der Waals surface area contributed by atoms with Gasteiger partial charge in [-0.3, -0.25) is 4.79 Å². The van der Waals surface area contributed by atoms with Crippen LogP contribution in [0.25, 0.3) is 0 Å². The van der Waals surface area contributed by atoms with Gasteiger partial charge in [-0.15, -0.1) is 0 Å². The van der Waals surface area contributed by atoms with E-state index in [2.05, 4.69) is 9.97 Å². The molecular weight excluding hydrogens is 325 g/mol. The van der Waals surface area contributed by atoms with Crippen molar-refractivity contribution in [1.82, 2.24) is 14.9 Å². The first-order valence-electron chi connectivity index (χ1n) is 7.87. The Morgan fingerprint density at radius 1 is 1.12 bits per heavy atom. The van der Waals surface area contributed by atoms with Crippen LogP contribution in [0.15, 0.2) is 12.4 Å². The molecular formula is C15H19F3N4O2. The van der Waals surface area contributed by atoms with E-state index in [1.165, 1.54) is 7.11 Å². The fourth-order valence-corrected chi connectivity index (χ4v) is 3.26. The third kappa shape index (κ3) is 3.31. The minimum absolute atomic E-state index is 0.0294. The summed E-state index contributed by atoms with van der Waals surface area (Å²) in [6.45, 7) is 1.91. The summed E-state index contributed by atoms with van der Waals surface area (Å²) in [5.74, 6) is 0.325. The van der Waals surface area contributed by atoms with E-state index in [1.807, 2.05) is 9.80 Å². The molecule has 9 heteroatoms. The third-order valence-corrected chi connectivity index (χ3v) is 4.63. The van der Waals surface area contributed by atoms with Gasteiger partial charge in [-0.25, -0.2) is 9.97 Å². The van der Waals surface area contributed by atoms with E-state index in [1.54, 1.807) is 0 Å². The number of hydrogen-bond acceptors (Lipinski definition) is 5. The largest absolute Gasteiger partial charge is 0.419 e. The molecule has 2 aliphatic rings. The summed E-state index contributed by atoms with van der Waals surface area (Å²) in [6.07, 6.45) is -0.972. The second-order valence-corrected chi connectivity index (χ2v) is 6.03. The summed E-state index contributed by atoms with van der Waals surface area (Å²) >= 11 is 0. The molecule has 0 radical (unpaired) electrons. The molecule has 3 heterocycles. The van der Waals surface area contributed by atoms with Crippen LogP contribution in [0.4, 0.5) is 19.1 Å². The molecule has 6 nitrogen and oxygen atoms in total. The monoisotopic (exact) mass is 344 g/mol. The van der Waals surface area contributed by atoms with Crippen molar-refractivity contribution in [3.8, 4) is 0 Å². The van der Waals surface area contributed by atoms with Crippen molar-refractivity contribution in [2.24, 2.45) is 0 Å². The van der Waals surface area contributed by atoms with Crippen molar-refractivity contribution < 1.29 is 22.7 Å². The maximum absolute atomic E-state index is 12.5. The zero-order chi connectivity index (χ0) is 17.3. The van der Waals surface area contributed by atoms with Crippen molar-refractivity contribution in [1.29, 1.82) is 0 Å². The molecule has 0 bridgehead atoms. The fourth-order valence-electron chi connectivity index (χ4n) is 3.26. The van der Waals surface area contributed by atoms with Gasteiger partial charge < -0.3 is 14.5 Å². The van der Waals surface area contributed by atoms with Gasteiger partial charge >= 0.3 is 6.18 Å². The van der Waals surface area contributed by atoms with Crippen LogP contribution >= 0.6 is 0 Å². The lowest BCUT2D eigenvalue weighted by atomic mass is 10.0. The molecule has 24 heavy (non-hydrogen) atoms. The van der Waals surface area contributed by atoms with Crippen molar-refractivity contribution in [2.75, 3.05) is 31.6 Å². The number of likely N-dealkylation sites (tertiary alicyclic amines) is 1. The number of carbonyl (C=O) groups is 1. The number of halogens is 3. The second-order valence-electron chi connectivity index (χ2n) is 6.03. The predicted molar refractivity (Wildman–Crippen MR) is 79.4 cm³/mol. The lowest BCUT2D eigenvalue weighted by molar-refractivity contribution is -0.138. The van der Waals surface area contributed by atoms with Gasteiger partial charge in [0, 0.05) is 51.6 Å². The van der Waals surface area contributed by atoms with Gasteiger partial charge in [0.1, 0.15) is 6.10 Å². The molecule has 1 amide bonds. The van der Waals surface area contributed by atoms with E-state index in [0.717, 1.165) is 25.2 Å². The van der Waals surface area contributed by atoms with E-state index in [-0.39, 0.29) is 18.1 Å². The first-order valence-corrected chi connectivity index (χ1v) is 7.87. The third-order valence-electron chi connectivity index (χ3n) is 4.63. The molecule has 0 N–H and O–H groups in total. The van der Waals surface area contributed by atoms with E-state index in [9.17, 15) is 18.0 Å². The van der Waals surface area contributed by atoms with Gasteiger partial charge in [0.2, 0.25) is 5.95 Å². The van der Waals surface area contributed by atoms with Gasteiger partial charge in [0.15, 0.2) is 0 Å². The Balaban J connectivity index is 1.58. The standard InChI is InChI=1S/C15H19F3N4O2/c1-24-12-4-7-22(13(12)23)11-2-5-21(6-3-11)14-19-8-10(9-20-14)15(16,17)18/h8-9,11-12H,2-7H2,1H3. The highest BCUT2D eigenvalue weighted by molar-refractivity contribution is 5.83. The van der Waals surface area contributed by atoms with Crippen LogP contribution in [-0.4, -0.2) is 59.7 Å². The van der Waals surface area contributed by atoms with Crippen LogP contribution in [-0.2, 0) is 15.7 Å². The molecule has 1 aromatic rings. The van der Waals surface area contributed by atoms with Gasteiger partial charge in [-0.1, -0.05) is 0 Å². The first-order chi connectivity index (χ1) is 11.4. The number of anilines is 1. The molecule has 2 fully saturated rings. The quantitative estimate of drug-likeness (QED) is 0.836. The Hall–Kier alpha value is -1.90. The molecule has 1 atom stereocenters. The Morgan fingerprint density at radius 2 is 1.75 bits per heavy atom. The SMILES string of the molecule is COC1CCN(C2CCN(c3ncc(C(F)(F)F)cn3)CC2)C1=O. The Labute approximate surface area is 137 Å². The predicted octanol–water partition coefficient (Wildman–Crippen LogP) is 1.71. The van der Waals surface area contributed by atoms with Crippen LogP contribution in [0.2, 0.25) is 0 Å². The normalized spacial score (nSPS) is 23.2. The van der Waals surface area contributed by atoms with E-state index in [4.69, 9.17) is 4.74 Å². The number of hydrogen-bond donors (Lipinski definition) is 0. The average molecular weight is 344 g/mol. The highest BCUT2D eigenvalue weighted by Crippen LogP contribution is 2.29. The Bertz CT molecular complexity index is 585. The van der Waals surface area contributed by atoms with E-state index in [0.29, 0.717) is 32.0 Å². The van der Waals surface area contributed by atoms with Crippen molar-refractivity contribution >= 4 is 11.9 Å². The summed E-state index contributed by atoms with van der Waals surface area (Å²) < 4.78 is 42.8. The molecule has 0 saturated carbocycles. The summed E-state index contributed by atoms with van der Waals surface area (Å²) in [5, 5.41) is 0. The van der Waals surface area contributed by atoms with Gasteiger partial charge in [-0.2, -0.15) is 13.2 Å². The number of amides is 1. The molecule has 1 aromatic heterocycles. The number of methoxy groups -OCH3 is 1. The number of aromatic nitrogens is 2. The molecule has 3 rings (SSSR count). The maximum atomic E-state index is 12.5. The smallest absolute Gasteiger partial charge is 0.372 e. The second kappa shape index (κ2) is 6.54. The van der Waals surface area contributed by atoms with Gasteiger partial charge in [0.25, 0.3) is 5.91 Å². The van der Waals surface area contributed by atoms with E-state index >= 15 is 0 Å². The summed E-state index contributed by atoms with van der Waals surface area (Å²) in [6, 6.07) is 0.142. The number of alkyl halides is 3. The van der Waals surface area contributed by atoms with Gasteiger partial charge in [0.05, 0.1) is 5.56 Å². The Kier molecular flexibility index (Phi) is 4.62. The maximum Gasteiger partial charge on any atom is 0.419 e. The number of nitrogens with zero attached hydrogens (tertiary/aromatic N) is 4. The topological polar surface area (TPSA) is 58.6 Å². The minimum atomic E-state index is -4.43. The summed E-state index contributed by atoms with van der Waals surface area (Å²) in [4.78, 5) is 23.5. The first kappa shape index (κ1) is 16.9. The van der Waals surface area contributed by atoms with Crippen molar-refractivity contribution in [2.45, 2.75) is 37.6 Å². The zero-order valence-corrected chi connectivity index (χ0v) is 13.3. The number of piperidine rings is 1. The molecule has 0 spiro atoms. The van der Waals surface area contributed by atoms with Crippen molar-refractivity contribution in [3.05, 3.63) is 18.0 Å². The van der Waals surface area contributed by atoms with Crippen LogP contribution in [0.5, 0.6) is 0 Å². The molecule has 2 saturated heterocycles. The van der Waals surface area contributed by atoms with Crippen LogP contribution < -0.4 is 4.90 Å². The van der Waals surface area contributed by atoms with Crippen LogP contribution in [0.3, 0.4) is 0 Å². The summed E-state index contributed by atoms with van der Waals surface area (Å²) in [5.41, 5.74) is -0.852. The molecule has 1 unspecified atom stereocenters. The number of carbonyl (C=O) groups excluding carboxylic acids is 1. The number of ether oxygens (including phenoxy) is 1. The number of rotatable bonds is 3. The molecule has 2 aliphatic heterocycles. The zero-order valence-electron chi connectivity index (χ0n) is 13.3. The van der Waals surface area contributed by atoms with Gasteiger partial charge in [-0.05, 0) is 12.8 Å². The molecule has 0 aromatic carbocycles. The van der Waals surface area contributed by atoms with Crippen molar-refractivity contribution in [3.63, 3.8) is 0 Å². The highest BCUT2D eigenvalue weighted by Gasteiger charge is 2.37. The van der Waals surface area contributed by atoms with Crippen LogP contribution in [0.1, 0.15) is 24.8 Å². The lowest BCUT2D eigenvalue weighted by Crippen LogP contribution is -2.47. The lowest BCUT2D eigenvalue weighted by Gasteiger charge is -2.36. The Morgan fingerprint density at radius 3 is 2.25 bits per heavy atom. The molecule has 132 valence electrons. The van der Waals surface area contributed by atoms with E-state index < -0.39 is 11.7 Å². The highest BCUT2D eigenvalue weighted by atomic mass is 19.4. The van der Waals surface area contributed by atoms with Crippen LogP contribution in [0, 0.1) is 0 Å². The molecule has 0 aliphatic carbocycles.